The van der Waals surface area contributed by atoms with Crippen LogP contribution in [0.25, 0.3) is 16.0 Å². The summed E-state index contributed by atoms with van der Waals surface area (Å²) in [4.78, 5) is 33.1. The number of aliphatic hydroxyl groups excluding tert-OH is 1. The zero-order chi connectivity index (χ0) is 27.5. The number of ketones is 1. The Hall–Kier alpha value is -4.37. The number of methoxy groups -OCH3 is 2. The lowest BCUT2D eigenvalue weighted by atomic mass is 9.95. The molecule has 1 aliphatic heterocycles. The van der Waals surface area contributed by atoms with E-state index in [1.54, 1.807) is 56.7 Å². The summed E-state index contributed by atoms with van der Waals surface area (Å²) in [6.45, 7) is 2.63. The summed E-state index contributed by atoms with van der Waals surface area (Å²) in [5.41, 5.74) is 1.66. The highest BCUT2D eigenvalue weighted by molar-refractivity contribution is 7.22. The Morgan fingerprint density at radius 3 is 2.44 bits per heavy atom. The molecular weight excluding hydrogens is 516 g/mol. The average molecular weight is 545 g/mol. The maximum Gasteiger partial charge on any atom is 0.301 e. The van der Waals surface area contributed by atoms with E-state index in [0.29, 0.717) is 45.6 Å². The Kier molecular flexibility index (Phi) is 7.51. The number of thiazole rings is 1. The van der Waals surface area contributed by atoms with Crippen LogP contribution in [0, 0.1) is 0 Å². The SMILES string of the molecule is CCCCOc1cccc(C2C(=C(O)c3ccc(OC)cc3)C(=O)C(=O)N2c2nc3ccc(OC)cc3s2)c1. The van der Waals surface area contributed by atoms with Gasteiger partial charge in [-0.25, -0.2) is 4.98 Å². The van der Waals surface area contributed by atoms with Crippen molar-refractivity contribution in [2.45, 2.75) is 25.8 Å². The zero-order valence-corrected chi connectivity index (χ0v) is 22.7. The third-order valence-electron chi connectivity index (χ3n) is 6.54. The van der Waals surface area contributed by atoms with Crippen LogP contribution in [0.15, 0.2) is 72.3 Å². The minimum atomic E-state index is -0.913. The van der Waals surface area contributed by atoms with E-state index in [9.17, 15) is 14.7 Å². The first-order valence-electron chi connectivity index (χ1n) is 12.6. The molecule has 1 fully saturated rings. The van der Waals surface area contributed by atoms with Crippen molar-refractivity contribution >= 4 is 44.1 Å². The summed E-state index contributed by atoms with van der Waals surface area (Å²) in [6, 6.07) is 18.4. The summed E-state index contributed by atoms with van der Waals surface area (Å²) in [5, 5.41) is 11.7. The van der Waals surface area contributed by atoms with Crippen LogP contribution in [-0.4, -0.2) is 42.6 Å². The molecule has 0 bridgehead atoms. The van der Waals surface area contributed by atoms with E-state index in [0.717, 1.165) is 17.5 Å². The molecule has 0 aliphatic carbocycles. The molecule has 5 rings (SSSR count). The molecule has 1 aliphatic rings. The highest BCUT2D eigenvalue weighted by Gasteiger charge is 2.48. The van der Waals surface area contributed by atoms with E-state index in [1.807, 2.05) is 24.3 Å². The average Bonchev–Trinajstić information content (AvgIpc) is 3.50. The van der Waals surface area contributed by atoms with Crippen LogP contribution in [0.5, 0.6) is 17.2 Å². The number of ether oxygens (including phenoxy) is 3. The second kappa shape index (κ2) is 11.2. The molecule has 8 nitrogen and oxygen atoms in total. The lowest BCUT2D eigenvalue weighted by Crippen LogP contribution is -2.29. The molecule has 1 unspecified atom stereocenters. The molecule has 1 N–H and O–H groups in total. The Morgan fingerprint density at radius 2 is 1.72 bits per heavy atom. The summed E-state index contributed by atoms with van der Waals surface area (Å²) in [7, 11) is 3.12. The third kappa shape index (κ3) is 5.05. The van der Waals surface area contributed by atoms with Crippen molar-refractivity contribution in [3.8, 4) is 17.2 Å². The Balaban J connectivity index is 1.66. The predicted octanol–water partition coefficient (Wildman–Crippen LogP) is 6.12. The molecule has 1 saturated heterocycles. The zero-order valence-electron chi connectivity index (χ0n) is 21.8. The van der Waals surface area contributed by atoms with Crippen molar-refractivity contribution in [3.05, 3.63) is 83.4 Å². The standard InChI is InChI=1S/C30H28N2O6S/c1-4-5-15-38-22-8-6-7-19(16-22)26-25(27(33)18-9-11-20(36-2)12-10-18)28(34)29(35)32(26)30-31-23-14-13-21(37-3)17-24(23)39-30/h6-14,16-17,26,33H,4-5,15H2,1-3H3. The van der Waals surface area contributed by atoms with Gasteiger partial charge in [-0.3, -0.25) is 14.5 Å². The van der Waals surface area contributed by atoms with E-state index < -0.39 is 17.7 Å². The molecule has 9 heteroatoms. The van der Waals surface area contributed by atoms with Crippen molar-refractivity contribution in [3.63, 3.8) is 0 Å². The Labute approximate surface area is 230 Å². The van der Waals surface area contributed by atoms with E-state index in [1.165, 1.54) is 16.2 Å². The molecule has 200 valence electrons. The lowest BCUT2D eigenvalue weighted by molar-refractivity contribution is -0.132. The maximum atomic E-state index is 13.6. The molecule has 3 aromatic carbocycles. The van der Waals surface area contributed by atoms with Gasteiger partial charge in [0.1, 0.15) is 23.0 Å². The molecule has 2 heterocycles. The van der Waals surface area contributed by atoms with Gasteiger partial charge in [-0.15, -0.1) is 0 Å². The third-order valence-corrected chi connectivity index (χ3v) is 7.56. The topological polar surface area (TPSA) is 98.2 Å². The first-order valence-corrected chi connectivity index (χ1v) is 13.4. The fourth-order valence-corrected chi connectivity index (χ4v) is 5.50. The number of benzene rings is 3. The minimum absolute atomic E-state index is 0.0206. The highest BCUT2D eigenvalue weighted by atomic mass is 32.1. The van der Waals surface area contributed by atoms with Crippen molar-refractivity contribution < 1.29 is 28.9 Å². The van der Waals surface area contributed by atoms with Gasteiger partial charge in [0.25, 0.3) is 5.78 Å². The lowest BCUT2D eigenvalue weighted by Gasteiger charge is -2.23. The number of nitrogens with zero attached hydrogens (tertiary/aromatic N) is 2. The Bertz CT molecular complexity index is 1560. The van der Waals surface area contributed by atoms with Gasteiger partial charge in [-0.05, 0) is 66.6 Å². The van der Waals surface area contributed by atoms with Crippen LogP contribution in [-0.2, 0) is 9.59 Å². The van der Waals surface area contributed by atoms with Gasteiger partial charge in [0, 0.05) is 5.56 Å². The smallest absolute Gasteiger partial charge is 0.301 e. The molecular formula is C30H28N2O6S. The van der Waals surface area contributed by atoms with Crippen molar-refractivity contribution in [2.75, 3.05) is 25.7 Å². The molecule has 39 heavy (non-hydrogen) atoms. The normalized spacial score (nSPS) is 16.6. The molecule has 0 saturated carbocycles. The molecule has 0 spiro atoms. The van der Waals surface area contributed by atoms with Crippen molar-refractivity contribution in [1.82, 2.24) is 4.98 Å². The molecule has 1 atom stereocenters. The predicted molar refractivity (Wildman–Crippen MR) is 151 cm³/mol. The van der Waals surface area contributed by atoms with E-state index in [-0.39, 0.29) is 11.3 Å². The minimum Gasteiger partial charge on any atom is -0.507 e. The van der Waals surface area contributed by atoms with Gasteiger partial charge in [-0.2, -0.15) is 0 Å². The van der Waals surface area contributed by atoms with Crippen LogP contribution >= 0.6 is 11.3 Å². The highest BCUT2D eigenvalue weighted by Crippen LogP contribution is 2.45. The second-order valence-electron chi connectivity index (χ2n) is 9.00. The van der Waals surface area contributed by atoms with Crippen molar-refractivity contribution in [2.24, 2.45) is 0 Å². The van der Waals surface area contributed by atoms with Gasteiger partial charge in [-0.1, -0.05) is 36.8 Å². The second-order valence-corrected chi connectivity index (χ2v) is 10.0. The van der Waals surface area contributed by atoms with Gasteiger partial charge in [0.05, 0.1) is 42.7 Å². The van der Waals surface area contributed by atoms with Gasteiger partial charge < -0.3 is 19.3 Å². The molecule has 1 amide bonds. The van der Waals surface area contributed by atoms with Gasteiger partial charge in [0.2, 0.25) is 0 Å². The van der Waals surface area contributed by atoms with E-state index >= 15 is 0 Å². The number of Topliss-reactive ketones (excluding diaryl/α,β-unsaturated/α-hetero) is 1. The van der Waals surface area contributed by atoms with Crippen LogP contribution in [0.1, 0.15) is 36.9 Å². The van der Waals surface area contributed by atoms with Gasteiger partial charge >= 0.3 is 5.91 Å². The number of hydrogen-bond acceptors (Lipinski definition) is 8. The number of amides is 1. The van der Waals surface area contributed by atoms with Crippen LogP contribution < -0.4 is 19.1 Å². The number of rotatable bonds is 9. The number of hydrogen-bond donors (Lipinski definition) is 1. The first kappa shape index (κ1) is 26.2. The fraction of sp³-hybridized carbons (Fsp3) is 0.233. The Morgan fingerprint density at radius 1 is 0.974 bits per heavy atom. The largest absolute Gasteiger partial charge is 0.507 e. The maximum absolute atomic E-state index is 13.6. The quantitative estimate of drug-likeness (QED) is 0.117. The summed E-state index contributed by atoms with van der Waals surface area (Å²) in [5.74, 6) is 0.0487. The van der Waals surface area contributed by atoms with Crippen molar-refractivity contribution in [1.29, 1.82) is 0 Å². The molecule has 4 aromatic rings. The number of unbranched alkanes of at least 4 members (excludes halogenated alkanes) is 1. The summed E-state index contributed by atoms with van der Waals surface area (Å²) < 4.78 is 17.3. The molecule has 0 radical (unpaired) electrons. The van der Waals surface area contributed by atoms with E-state index in [4.69, 9.17) is 14.2 Å². The number of aromatic nitrogens is 1. The summed E-state index contributed by atoms with van der Waals surface area (Å²) >= 11 is 1.27. The monoisotopic (exact) mass is 544 g/mol. The van der Waals surface area contributed by atoms with Gasteiger partial charge in [0.15, 0.2) is 5.13 Å². The first-order chi connectivity index (χ1) is 18.9. The number of carbonyl (C=O) groups is 2. The number of fused-ring (bicyclic) bond motifs is 1. The summed E-state index contributed by atoms with van der Waals surface area (Å²) in [6.07, 6.45) is 1.89. The van der Waals surface area contributed by atoms with Crippen LogP contribution in [0.2, 0.25) is 0 Å². The van der Waals surface area contributed by atoms with Crippen LogP contribution in [0.3, 0.4) is 0 Å². The van der Waals surface area contributed by atoms with Crippen LogP contribution in [0.4, 0.5) is 5.13 Å². The van der Waals surface area contributed by atoms with E-state index in [2.05, 4.69) is 11.9 Å². The fourth-order valence-electron chi connectivity index (χ4n) is 4.48. The number of anilines is 1. The number of aliphatic hydroxyl groups is 1. The number of carbonyl (C=O) groups excluding carboxylic acids is 2. The molecule has 1 aromatic heterocycles.